The summed E-state index contributed by atoms with van der Waals surface area (Å²) in [6.45, 7) is 0.219. The second-order valence-electron chi connectivity index (χ2n) is 6.01. The van der Waals surface area contributed by atoms with Crippen LogP contribution in [0.25, 0.3) is 0 Å². The Morgan fingerprint density at radius 2 is 1.96 bits per heavy atom. The Kier molecular flexibility index (Phi) is 5.61. The zero-order valence-electron chi connectivity index (χ0n) is 15.0. The van der Waals surface area contributed by atoms with Crippen LogP contribution in [-0.2, 0) is 6.54 Å². The molecule has 2 heterocycles. The van der Waals surface area contributed by atoms with Gasteiger partial charge in [0.05, 0.1) is 0 Å². The van der Waals surface area contributed by atoms with Crippen molar-refractivity contribution in [2.75, 3.05) is 19.0 Å². The first-order valence-corrected chi connectivity index (χ1v) is 8.32. The first-order valence-electron chi connectivity index (χ1n) is 8.32. The van der Waals surface area contributed by atoms with Gasteiger partial charge in [-0.15, -0.1) is 0 Å². The number of carbonyl (C=O) groups is 1. The molecule has 0 bridgehead atoms. The molecular weight excluding hydrogens is 347 g/mol. The number of nitrogens with zero attached hydrogens (tertiary/aromatic N) is 3. The van der Waals surface area contributed by atoms with Crippen LogP contribution in [-0.4, -0.2) is 30.0 Å². The normalized spacial score (nSPS) is 10.3. The predicted octanol–water partition coefficient (Wildman–Crippen LogP) is 3.40. The number of amides is 1. The zero-order valence-corrected chi connectivity index (χ0v) is 15.0. The fraction of sp³-hybridized carbons (Fsp3) is 0.150. The minimum Gasteiger partial charge on any atom is -0.439 e. The Hall–Kier alpha value is -3.48. The van der Waals surface area contributed by atoms with Crippen LogP contribution in [0.4, 0.5) is 10.2 Å². The number of pyridine rings is 2. The third-order valence-corrected chi connectivity index (χ3v) is 3.77. The Labute approximate surface area is 156 Å². The van der Waals surface area contributed by atoms with Gasteiger partial charge in [0.1, 0.15) is 17.4 Å². The molecule has 1 amide bonds. The van der Waals surface area contributed by atoms with E-state index in [-0.39, 0.29) is 12.5 Å². The lowest BCUT2D eigenvalue weighted by atomic mass is 10.2. The van der Waals surface area contributed by atoms with E-state index in [1.54, 1.807) is 48.8 Å². The van der Waals surface area contributed by atoms with Crippen molar-refractivity contribution in [3.8, 4) is 11.6 Å². The SMILES string of the molecule is CN(C)c1cc(C(=O)NCc2cccnc2Oc2cccc(F)c2)ccn1. The fourth-order valence-corrected chi connectivity index (χ4v) is 2.37. The number of carbonyl (C=O) groups excluding carboxylic acids is 1. The van der Waals surface area contributed by atoms with Gasteiger partial charge in [-0.2, -0.15) is 0 Å². The van der Waals surface area contributed by atoms with E-state index in [1.165, 1.54) is 12.1 Å². The molecule has 7 heteroatoms. The maximum absolute atomic E-state index is 13.3. The molecular formula is C20H19FN4O2. The van der Waals surface area contributed by atoms with Gasteiger partial charge in [-0.05, 0) is 30.3 Å². The first-order chi connectivity index (χ1) is 13.0. The van der Waals surface area contributed by atoms with E-state index in [0.29, 0.717) is 28.6 Å². The highest BCUT2D eigenvalue weighted by molar-refractivity contribution is 5.94. The minimum absolute atomic E-state index is 0.219. The van der Waals surface area contributed by atoms with Gasteiger partial charge in [0, 0.05) is 50.2 Å². The van der Waals surface area contributed by atoms with E-state index in [1.807, 2.05) is 19.0 Å². The van der Waals surface area contributed by atoms with Crippen molar-refractivity contribution in [3.05, 3.63) is 77.9 Å². The van der Waals surface area contributed by atoms with Crippen LogP contribution in [0.5, 0.6) is 11.6 Å². The summed E-state index contributed by atoms with van der Waals surface area (Å²) in [6.07, 6.45) is 3.17. The molecule has 1 aromatic carbocycles. The molecule has 3 aromatic rings. The van der Waals surface area contributed by atoms with Gasteiger partial charge >= 0.3 is 0 Å². The summed E-state index contributed by atoms with van der Waals surface area (Å²) in [4.78, 5) is 22.6. The summed E-state index contributed by atoms with van der Waals surface area (Å²) in [5.74, 6) is 0.714. The van der Waals surface area contributed by atoms with Crippen LogP contribution >= 0.6 is 0 Å². The van der Waals surface area contributed by atoms with Gasteiger partial charge in [-0.25, -0.2) is 14.4 Å². The van der Waals surface area contributed by atoms with Crippen LogP contribution in [0.1, 0.15) is 15.9 Å². The molecule has 138 valence electrons. The van der Waals surface area contributed by atoms with E-state index in [4.69, 9.17) is 4.74 Å². The van der Waals surface area contributed by atoms with E-state index in [2.05, 4.69) is 15.3 Å². The van der Waals surface area contributed by atoms with E-state index in [9.17, 15) is 9.18 Å². The summed E-state index contributed by atoms with van der Waals surface area (Å²) in [5.41, 5.74) is 1.18. The maximum atomic E-state index is 13.3. The van der Waals surface area contributed by atoms with Crippen LogP contribution in [0.3, 0.4) is 0 Å². The number of halogens is 1. The molecule has 1 N–H and O–H groups in total. The molecule has 27 heavy (non-hydrogen) atoms. The molecule has 2 aromatic heterocycles. The van der Waals surface area contributed by atoms with Crippen molar-refractivity contribution in [1.29, 1.82) is 0 Å². The minimum atomic E-state index is -0.396. The van der Waals surface area contributed by atoms with Gasteiger partial charge in [0.25, 0.3) is 5.91 Å². The van der Waals surface area contributed by atoms with Crippen LogP contribution in [0.2, 0.25) is 0 Å². The monoisotopic (exact) mass is 366 g/mol. The van der Waals surface area contributed by atoms with E-state index >= 15 is 0 Å². The second-order valence-corrected chi connectivity index (χ2v) is 6.01. The Morgan fingerprint density at radius 1 is 1.11 bits per heavy atom. The predicted molar refractivity (Wildman–Crippen MR) is 100 cm³/mol. The fourth-order valence-electron chi connectivity index (χ4n) is 2.37. The molecule has 0 saturated heterocycles. The van der Waals surface area contributed by atoms with Crippen molar-refractivity contribution in [1.82, 2.24) is 15.3 Å². The van der Waals surface area contributed by atoms with E-state index in [0.717, 1.165) is 0 Å². The maximum Gasteiger partial charge on any atom is 0.251 e. The molecule has 0 saturated carbocycles. The number of benzene rings is 1. The van der Waals surface area contributed by atoms with Gasteiger partial charge in [-0.3, -0.25) is 4.79 Å². The Bertz CT molecular complexity index is 947. The lowest BCUT2D eigenvalue weighted by Crippen LogP contribution is -2.23. The zero-order chi connectivity index (χ0) is 19.2. The van der Waals surface area contributed by atoms with Crippen molar-refractivity contribution >= 4 is 11.7 Å². The lowest BCUT2D eigenvalue weighted by Gasteiger charge is -2.13. The third kappa shape index (κ3) is 4.78. The number of rotatable bonds is 6. The summed E-state index contributed by atoms with van der Waals surface area (Å²) in [6, 6.07) is 12.7. The number of ether oxygens (including phenoxy) is 1. The highest BCUT2D eigenvalue weighted by Gasteiger charge is 2.11. The highest BCUT2D eigenvalue weighted by atomic mass is 19.1. The number of hydrogen-bond acceptors (Lipinski definition) is 5. The van der Waals surface area contributed by atoms with Crippen LogP contribution in [0.15, 0.2) is 60.9 Å². The second kappa shape index (κ2) is 8.27. The number of aromatic nitrogens is 2. The summed E-state index contributed by atoms with van der Waals surface area (Å²) in [7, 11) is 3.71. The third-order valence-electron chi connectivity index (χ3n) is 3.77. The largest absolute Gasteiger partial charge is 0.439 e. The Morgan fingerprint density at radius 3 is 2.74 bits per heavy atom. The smallest absolute Gasteiger partial charge is 0.251 e. The molecule has 6 nitrogen and oxygen atoms in total. The van der Waals surface area contributed by atoms with Crippen molar-refractivity contribution in [2.45, 2.75) is 6.54 Å². The summed E-state index contributed by atoms with van der Waals surface area (Å²) < 4.78 is 19.0. The molecule has 0 fully saturated rings. The highest BCUT2D eigenvalue weighted by Crippen LogP contribution is 2.23. The molecule has 0 radical (unpaired) electrons. The topological polar surface area (TPSA) is 67.4 Å². The Balaban J connectivity index is 1.71. The molecule has 0 aliphatic rings. The van der Waals surface area contributed by atoms with Gasteiger partial charge < -0.3 is 15.0 Å². The lowest BCUT2D eigenvalue weighted by molar-refractivity contribution is 0.0950. The van der Waals surface area contributed by atoms with Gasteiger partial charge in [0.2, 0.25) is 5.88 Å². The van der Waals surface area contributed by atoms with E-state index < -0.39 is 5.82 Å². The average molecular weight is 366 g/mol. The standard InChI is InChI=1S/C20H19FN4O2/c1-25(2)18-11-14(8-10-22-18)19(26)24-13-15-5-4-9-23-20(15)27-17-7-3-6-16(21)12-17/h3-12H,13H2,1-2H3,(H,24,26). The summed E-state index contributed by atoms with van der Waals surface area (Å²) >= 11 is 0. The van der Waals surface area contributed by atoms with Gasteiger partial charge in [0.15, 0.2) is 0 Å². The van der Waals surface area contributed by atoms with Crippen molar-refractivity contribution in [2.24, 2.45) is 0 Å². The number of nitrogens with one attached hydrogen (secondary N) is 1. The van der Waals surface area contributed by atoms with Crippen LogP contribution in [0, 0.1) is 5.82 Å². The molecule has 0 aliphatic heterocycles. The quantitative estimate of drug-likeness (QED) is 0.724. The number of anilines is 1. The van der Waals surface area contributed by atoms with Crippen molar-refractivity contribution in [3.63, 3.8) is 0 Å². The van der Waals surface area contributed by atoms with Gasteiger partial charge in [-0.1, -0.05) is 12.1 Å². The van der Waals surface area contributed by atoms with Crippen LogP contribution < -0.4 is 15.0 Å². The molecule has 0 spiro atoms. The summed E-state index contributed by atoms with van der Waals surface area (Å²) in [5, 5.41) is 2.84. The molecule has 0 unspecified atom stereocenters. The first kappa shape index (κ1) is 18.3. The number of hydrogen-bond donors (Lipinski definition) is 1. The molecule has 0 atom stereocenters. The molecule has 3 rings (SSSR count). The molecule has 0 aliphatic carbocycles. The average Bonchev–Trinajstić information content (AvgIpc) is 2.67. The van der Waals surface area contributed by atoms with Crippen molar-refractivity contribution < 1.29 is 13.9 Å².